The summed E-state index contributed by atoms with van der Waals surface area (Å²) >= 11 is 0. The van der Waals surface area contributed by atoms with Crippen molar-refractivity contribution in [3.63, 3.8) is 0 Å². The molecule has 0 unspecified atom stereocenters. The molecule has 3 heteroatoms. The van der Waals surface area contributed by atoms with Gasteiger partial charge in [0.05, 0.1) is 0 Å². The van der Waals surface area contributed by atoms with Crippen LogP contribution in [0.15, 0.2) is 18.2 Å². The Morgan fingerprint density at radius 2 is 2.00 bits per heavy atom. The number of hydrogen-bond donors (Lipinski definition) is 1. The number of anilines is 1. The normalized spacial score (nSPS) is 20.7. The summed E-state index contributed by atoms with van der Waals surface area (Å²) in [6.07, 6.45) is 3.75. The third kappa shape index (κ3) is 2.63. The Labute approximate surface area is 116 Å². The van der Waals surface area contributed by atoms with Crippen molar-refractivity contribution in [2.24, 2.45) is 0 Å². The predicted molar refractivity (Wildman–Crippen MR) is 80.8 cm³/mol. The molecule has 19 heavy (non-hydrogen) atoms. The topological polar surface area (TPSA) is 18.5 Å². The molecule has 0 saturated carbocycles. The fourth-order valence-electron chi connectivity index (χ4n) is 3.43. The Balaban J connectivity index is 1.77. The van der Waals surface area contributed by atoms with Gasteiger partial charge in [0.2, 0.25) is 0 Å². The standard InChI is InChI=1S/C16H25N3/c1-18(2)14-7-10-19(11-8-14)16-5-3-4-13-12-17-9-6-15(13)16/h3-5,14,17H,6-12H2,1-2H3. The van der Waals surface area contributed by atoms with Crippen LogP contribution in [-0.4, -0.2) is 44.7 Å². The van der Waals surface area contributed by atoms with Crippen LogP contribution in [0.5, 0.6) is 0 Å². The second-order valence-corrected chi connectivity index (χ2v) is 6.02. The fourth-order valence-corrected chi connectivity index (χ4v) is 3.43. The molecule has 1 aromatic rings. The molecule has 3 nitrogen and oxygen atoms in total. The average Bonchev–Trinajstić information content (AvgIpc) is 2.47. The van der Waals surface area contributed by atoms with Crippen molar-refractivity contribution in [1.29, 1.82) is 0 Å². The molecule has 1 N–H and O–H groups in total. The molecule has 0 amide bonds. The Bertz CT molecular complexity index is 434. The first-order valence-corrected chi connectivity index (χ1v) is 7.48. The van der Waals surface area contributed by atoms with Gasteiger partial charge >= 0.3 is 0 Å². The van der Waals surface area contributed by atoms with Crippen LogP contribution in [0, 0.1) is 0 Å². The third-order valence-electron chi connectivity index (χ3n) is 4.65. The molecule has 0 bridgehead atoms. The first-order valence-electron chi connectivity index (χ1n) is 7.48. The molecule has 1 saturated heterocycles. The van der Waals surface area contributed by atoms with Crippen molar-refractivity contribution in [3.8, 4) is 0 Å². The molecule has 0 spiro atoms. The summed E-state index contributed by atoms with van der Waals surface area (Å²) in [4.78, 5) is 4.98. The first-order chi connectivity index (χ1) is 9.25. The molecule has 0 radical (unpaired) electrons. The zero-order valence-corrected chi connectivity index (χ0v) is 12.2. The van der Waals surface area contributed by atoms with Gasteiger partial charge in [-0.15, -0.1) is 0 Å². The van der Waals surface area contributed by atoms with E-state index < -0.39 is 0 Å². The molecular formula is C16H25N3. The van der Waals surface area contributed by atoms with Gasteiger partial charge in [-0.05, 0) is 57.1 Å². The van der Waals surface area contributed by atoms with Gasteiger partial charge in [-0.1, -0.05) is 12.1 Å². The summed E-state index contributed by atoms with van der Waals surface area (Å²) in [6, 6.07) is 7.58. The van der Waals surface area contributed by atoms with E-state index in [2.05, 4.69) is 47.4 Å². The summed E-state index contributed by atoms with van der Waals surface area (Å²) in [5.41, 5.74) is 4.58. The summed E-state index contributed by atoms with van der Waals surface area (Å²) in [7, 11) is 4.41. The molecule has 104 valence electrons. The van der Waals surface area contributed by atoms with Crippen molar-refractivity contribution in [2.45, 2.75) is 31.8 Å². The highest BCUT2D eigenvalue weighted by Gasteiger charge is 2.23. The van der Waals surface area contributed by atoms with E-state index >= 15 is 0 Å². The predicted octanol–water partition coefficient (Wildman–Crippen LogP) is 1.86. The lowest BCUT2D eigenvalue weighted by Gasteiger charge is -2.38. The van der Waals surface area contributed by atoms with E-state index in [0.717, 1.165) is 19.1 Å². The minimum Gasteiger partial charge on any atom is -0.371 e. The van der Waals surface area contributed by atoms with Crippen LogP contribution in [0.2, 0.25) is 0 Å². The van der Waals surface area contributed by atoms with E-state index in [-0.39, 0.29) is 0 Å². The molecule has 0 aromatic heterocycles. The van der Waals surface area contributed by atoms with E-state index in [1.165, 1.54) is 43.6 Å². The highest BCUT2D eigenvalue weighted by atomic mass is 15.2. The van der Waals surface area contributed by atoms with Crippen LogP contribution in [0.1, 0.15) is 24.0 Å². The minimum atomic E-state index is 0.762. The van der Waals surface area contributed by atoms with Crippen molar-refractivity contribution in [3.05, 3.63) is 29.3 Å². The SMILES string of the molecule is CN(C)C1CCN(c2cccc3c2CCNC3)CC1. The average molecular weight is 259 g/mol. The summed E-state index contributed by atoms with van der Waals surface area (Å²) < 4.78 is 0. The monoisotopic (exact) mass is 259 g/mol. The number of nitrogens with one attached hydrogen (secondary N) is 1. The molecule has 2 heterocycles. The maximum absolute atomic E-state index is 3.47. The number of nitrogens with zero attached hydrogens (tertiary/aromatic N) is 2. The molecule has 0 atom stereocenters. The zero-order chi connectivity index (χ0) is 13.2. The summed E-state index contributed by atoms with van der Waals surface area (Å²) in [6.45, 7) is 4.56. The molecule has 1 aromatic carbocycles. The van der Waals surface area contributed by atoms with Gasteiger partial charge in [0.25, 0.3) is 0 Å². The minimum absolute atomic E-state index is 0.762. The number of hydrogen-bond acceptors (Lipinski definition) is 3. The quantitative estimate of drug-likeness (QED) is 0.874. The van der Waals surface area contributed by atoms with Gasteiger partial charge in [-0.25, -0.2) is 0 Å². The van der Waals surface area contributed by atoms with Crippen LogP contribution >= 0.6 is 0 Å². The van der Waals surface area contributed by atoms with E-state index in [1.54, 1.807) is 5.56 Å². The van der Waals surface area contributed by atoms with Gasteiger partial charge in [-0.3, -0.25) is 0 Å². The van der Waals surface area contributed by atoms with Crippen LogP contribution in [0.4, 0.5) is 5.69 Å². The molecule has 3 rings (SSSR count). The van der Waals surface area contributed by atoms with Crippen molar-refractivity contribution >= 4 is 5.69 Å². The second kappa shape index (κ2) is 5.51. The van der Waals surface area contributed by atoms with Gasteiger partial charge in [0.15, 0.2) is 0 Å². The molecule has 2 aliphatic rings. The highest BCUT2D eigenvalue weighted by molar-refractivity contribution is 5.58. The van der Waals surface area contributed by atoms with E-state index in [0.29, 0.717) is 0 Å². The van der Waals surface area contributed by atoms with Gasteiger partial charge < -0.3 is 15.1 Å². The Kier molecular flexibility index (Phi) is 3.76. The van der Waals surface area contributed by atoms with Crippen molar-refractivity contribution in [1.82, 2.24) is 10.2 Å². The number of rotatable bonds is 2. The van der Waals surface area contributed by atoms with Crippen LogP contribution in [0.25, 0.3) is 0 Å². The van der Waals surface area contributed by atoms with Crippen molar-refractivity contribution < 1.29 is 0 Å². The second-order valence-electron chi connectivity index (χ2n) is 6.02. The lowest BCUT2D eigenvalue weighted by molar-refractivity contribution is 0.249. The molecule has 0 aliphatic carbocycles. The molecule has 1 fully saturated rings. The van der Waals surface area contributed by atoms with E-state index in [9.17, 15) is 0 Å². The maximum atomic E-state index is 3.47. The Morgan fingerprint density at radius 3 is 2.74 bits per heavy atom. The molecular weight excluding hydrogens is 234 g/mol. The Hall–Kier alpha value is -1.06. The van der Waals surface area contributed by atoms with E-state index in [1.807, 2.05) is 0 Å². The highest BCUT2D eigenvalue weighted by Crippen LogP contribution is 2.29. The lowest BCUT2D eigenvalue weighted by atomic mass is 9.96. The van der Waals surface area contributed by atoms with Crippen LogP contribution in [0.3, 0.4) is 0 Å². The Morgan fingerprint density at radius 1 is 1.21 bits per heavy atom. The third-order valence-corrected chi connectivity index (χ3v) is 4.65. The maximum Gasteiger partial charge on any atom is 0.0402 e. The number of piperidine rings is 1. The van der Waals surface area contributed by atoms with Gasteiger partial charge in [0.1, 0.15) is 0 Å². The van der Waals surface area contributed by atoms with E-state index in [4.69, 9.17) is 0 Å². The number of benzene rings is 1. The zero-order valence-electron chi connectivity index (χ0n) is 12.2. The fraction of sp³-hybridized carbons (Fsp3) is 0.625. The smallest absolute Gasteiger partial charge is 0.0402 e. The lowest BCUT2D eigenvalue weighted by Crippen LogP contribution is -2.42. The summed E-state index contributed by atoms with van der Waals surface area (Å²) in [5.74, 6) is 0. The molecule has 2 aliphatic heterocycles. The largest absolute Gasteiger partial charge is 0.371 e. The number of fused-ring (bicyclic) bond motifs is 1. The van der Waals surface area contributed by atoms with Crippen molar-refractivity contribution in [2.75, 3.05) is 38.6 Å². The first kappa shape index (κ1) is 12.9. The summed E-state index contributed by atoms with van der Waals surface area (Å²) in [5, 5.41) is 3.47. The van der Waals surface area contributed by atoms with Crippen LogP contribution < -0.4 is 10.2 Å². The van der Waals surface area contributed by atoms with Gasteiger partial charge in [-0.2, -0.15) is 0 Å². The van der Waals surface area contributed by atoms with Gasteiger partial charge in [0, 0.05) is 31.4 Å². The van der Waals surface area contributed by atoms with Crippen LogP contribution in [-0.2, 0) is 13.0 Å².